The zero-order chi connectivity index (χ0) is 28.5. The van der Waals surface area contributed by atoms with Gasteiger partial charge in [-0.2, -0.15) is 13.5 Å². The third kappa shape index (κ3) is 6.32. The smallest absolute Gasteiger partial charge is 0.298 e. The highest BCUT2D eigenvalue weighted by Crippen LogP contribution is 2.35. The summed E-state index contributed by atoms with van der Waals surface area (Å²) < 4.78 is 67.5. The minimum absolute atomic E-state index is 0.0781. The number of hydrogen-bond acceptors (Lipinski definition) is 5. The minimum atomic E-state index is -4.53. The number of benzene rings is 3. The molecule has 11 heteroatoms. The zero-order valence-corrected chi connectivity index (χ0v) is 24.3. The van der Waals surface area contributed by atoms with Gasteiger partial charge in [0.15, 0.2) is 6.04 Å². The highest BCUT2D eigenvalue weighted by Gasteiger charge is 2.50. The summed E-state index contributed by atoms with van der Waals surface area (Å²) in [5.41, 5.74) is 5.51. The van der Waals surface area contributed by atoms with E-state index in [9.17, 15) is 13.2 Å². The Hall–Kier alpha value is -2.60. The number of sulfonamides is 1. The van der Waals surface area contributed by atoms with Gasteiger partial charge in [0.1, 0.15) is 5.75 Å². The first-order chi connectivity index (χ1) is 19.0. The molecule has 7 nitrogen and oxygen atoms in total. The molecule has 40 heavy (non-hydrogen) atoms. The first kappa shape index (κ1) is 28.9. The third-order valence-electron chi connectivity index (χ3n) is 7.58. The van der Waals surface area contributed by atoms with Gasteiger partial charge < -0.3 is 15.4 Å². The van der Waals surface area contributed by atoms with Gasteiger partial charge in [0.25, 0.3) is 5.92 Å². The molecule has 0 spiro atoms. The molecule has 5 rings (SSSR count). The Bertz CT molecular complexity index is 1480. The van der Waals surface area contributed by atoms with Crippen LogP contribution in [0.1, 0.15) is 44.1 Å². The van der Waals surface area contributed by atoms with Crippen molar-refractivity contribution in [3.8, 4) is 5.75 Å². The van der Waals surface area contributed by atoms with Crippen LogP contribution in [0.2, 0.25) is 0 Å². The van der Waals surface area contributed by atoms with E-state index in [1.807, 2.05) is 6.07 Å². The molecule has 1 aliphatic carbocycles. The van der Waals surface area contributed by atoms with E-state index in [0.717, 1.165) is 31.1 Å². The minimum Gasteiger partial charge on any atom is -0.490 e. The van der Waals surface area contributed by atoms with Crippen LogP contribution in [-0.4, -0.2) is 50.5 Å². The van der Waals surface area contributed by atoms with Crippen LogP contribution in [-0.2, 0) is 20.7 Å². The lowest BCUT2D eigenvalue weighted by Crippen LogP contribution is -2.58. The van der Waals surface area contributed by atoms with Crippen LogP contribution in [0.5, 0.6) is 5.75 Å². The SMILES string of the molecule is N[C@H]1CCCN(C(=O)C(NS(=O)(=O)c2ccc3cc(OC4CCCC4)ccc3c2)C(F)(F)c2ccc(Br)cc2)C1. The van der Waals surface area contributed by atoms with Gasteiger partial charge in [-0.05, 0) is 85.7 Å². The average molecular weight is 637 g/mol. The maximum Gasteiger partial charge on any atom is 0.298 e. The van der Waals surface area contributed by atoms with Crippen LogP contribution >= 0.6 is 15.9 Å². The fourth-order valence-electron chi connectivity index (χ4n) is 5.38. The van der Waals surface area contributed by atoms with E-state index in [2.05, 4.69) is 20.7 Å². The summed E-state index contributed by atoms with van der Waals surface area (Å²) in [6.45, 7) is 0.303. The van der Waals surface area contributed by atoms with E-state index in [0.29, 0.717) is 28.5 Å². The van der Waals surface area contributed by atoms with Crippen molar-refractivity contribution in [2.45, 2.75) is 67.5 Å². The van der Waals surface area contributed by atoms with Crippen LogP contribution in [0.15, 0.2) is 70.0 Å². The van der Waals surface area contributed by atoms with Crippen molar-refractivity contribution in [3.05, 3.63) is 70.7 Å². The lowest BCUT2D eigenvalue weighted by atomic mass is 9.99. The molecule has 0 radical (unpaired) electrons. The van der Waals surface area contributed by atoms with E-state index in [4.69, 9.17) is 10.5 Å². The first-order valence-electron chi connectivity index (χ1n) is 13.4. The number of carbonyl (C=O) groups is 1. The monoisotopic (exact) mass is 635 g/mol. The van der Waals surface area contributed by atoms with E-state index in [1.54, 1.807) is 18.2 Å². The Morgan fingerprint density at radius 3 is 2.38 bits per heavy atom. The predicted octanol–water partition coefficient (Wildman–Crippen LogP) is 5.31. The lowest BCUT2D eigenvalue weighted by Gasteiger charge is -2.36. The highest BCUT2D eigenvalue weighted by atomic mass is 79.9. The number of carbonyl (C=O) groups excluding carboxylic acids is 1. The number of nitrogens with zero attached hydrogens (tertiary/aromatic N) is 1. The second-order valence-electron chi connectivity index (χ2n) is 10.6. The molecule has 3 aromatic carbocycles. The maximum atomic E-state index is 15.9. The molecule has 1 saturated heterocycles. The fourth-order valence-corrected chi connectivity index (χ4v) is 6.86. The van der Waals surface area contributed by atoms with Crippen LogP contribution in [0.25, 0.3) is 10.8 Å². The van der Waals surface area contributed by atoms with Gasteiger partial charge in [-0.3, -0.25) is 4.79 Å². The van der Waals surface area contributed by atoms with Crippen molar-refractivity contribution in [1.29, 1.82) is 0 Å². The molecule has 3 N–H and O–H groups in total. The van der Waals surface area contributed by atoms with Crippen LogP contribution in [0, 0.1) is 0 Å². The van der Waals surface area contributed by atoms with Gasteiger partial charge in [0.05, 0.1) is 11.0 Å². The Labute approximate surface area is 241 Å². The molecule has 0 bridgehead atoms. The van der Waals surface area contributed by atoms with E-state index in [-0.39, 0.29) is 30.1 Å². The molecule has 0 aromatic heterocycles. The summed E-state index contributed by atoms with van der Waals surface area (Å²) in [6, 6.07) is 12.2. The number of nitrogens with one attached hydrogen (secondary N) is 1. The van der Waals surface area contributed by atoms with Crippen molar-refractivity contribution in [3.63, 3.8) is 0 Å². The molecule has 1 amide bonds. The van der Waals surface area contributed by atoms with Crippen molar-refractivity contribution >= 4 is 42.6 Å². The Morgan fingerprint density at radius 1 is 1.00 bits per heavy atom. The predicted molar refractivity (Wildman–Crippen MR) is 153 cm³/mol. The number of fused-ring (bicyclic) bond motifs is 1. The topological polar surface area (TPSA) is 102 Å². The highest BCUT2D eigenvalue weighted by molar-refractivity contribution is 9.10. The van der Waals surface area contributed by atoms with Crippen molar-refractivity contribution in [2.75, 3.05) is 13.1 Å². The van der Waals surface area contributed by atoms with Crippen molar-refractivity contribution < 1.29 is 26.7 Å². The Morgan fingerprint density at radius 2 is 1.68 bits per heavy atom. The average Bonchev–Trinajstić information content (AvgIpc) is 3.44. The molecule has 2 aliphatic rings. The second kappa shape index (κ2) is 11.7. The first-order valence-corrected chi connectivity index (χ1v) is 15.7. The second-order valence-corrected chi connectivity index (χ2v) is 13.2. The van der Waals surface area contributed by atoms with Gasteiger partial charge in [-0.25, -0.2) is 8.42 Å². The number of likely N-dealkylation sites (tertiary alicyclic amines) is 1. The number of alkyl halides is 2. The lowest BCUT2D eigenvalue weighted by molar-refractivity contribution is -0.145. The van der Waals surface area contributed by atoms with Crippen LogP contribution in [0.3, 0.4) is 0 Å². The summed E-state index contributed by atoms with van der Waals surface area (Å²) in [4.78, 5) is 14.5. The molecule has 2 fully saturated rings. The molecular formula is C29H32BrF2N3O4S. The molecule has 1 saturated carbocycles. The number of nitrogens with two attached hydrogens (primary N) is 1. The number of amides is 1. The van der Waals surface area contributed by atoms with Crippen molar-refractivity contribution in [2.24, 2.45) is 5.73 Å². The molecule has 3 aromatic rings. The number of halogens is 3. The summed E-state index contributed by atoms with van der Waals surface area (Å²) >= 11 is 3.22. The molecule has 2 atom stereocenters. The van der Waals surface area contributed by atoms with Crippen LogP contribution in [0.4, 0.5) is 8.78 Å². The summed E-state index contributed by atoms with van der Waals surface area (Å²) in [6.07, 6.45) is 5.69. The van der Waals surface area contributed by atoms with Gasteiger partial charge in [-0.15, -0.1) is 0 Å². The van der Waals surface area contributed by atoms with E-state index >= 15 is 8.78 Å². The van der Waals surface area contributed by atoms with Crippen LogP contribution < -0.4 is 15.2 Å². The van der Waals surface area contributed by atoms with Gasteiger partial charge >= 0.3 is 0 Å². The molecule has 214 valence electrons. The Balaban J connectivity index is 1.44. The summed E-state index contributed by atoms with van der Waals surface area (Å²) in [5.74, 6) is -4.15. The third-order valence-corrected chi connectivity index (χ3v) is 9.53. The standard InChI is InChI=1S/C29H32BrF2N3O4S/c30-22-11-9-21(10-12-22)29(31,32)27(28(36)35-15-3-4-23(33)18-35)34-40(37,38)26-14-8-19-16-25(13-7-20(19)17-26)39-24-5-1-2-6-24/h7-14,16-17,23-24,27,34H,1-6,15,18,33H2/t23-,27?/m0/s1. The van der Waals surface area contributed by atoms with E-state index < -0.39 is 33.5 Å². The van der Waals surface area contributed by atoms with Gasteiger partial charge in [0, 0.05) is 29.2 Å². The number of rotatable bonds is 8. The largest absolute Gasteiger partial charge is 0.490 e. The normalized spacial score (nSPS) is 19.6. The fraction of sp³-hybridized carbons (Fsp3) is 0.414. The molecule has 1 heterocycles. The number of ether oxygens (including phenoxy) is 1. The number of hydrogen-bond donors (Lipinski definition) is 2. The van der Waals surface area contributed by atoms with Crippen molar-refractivity contribution in [1.82, 2.24) is 9.62 Å². The summed E-state index contributed by atoms with van der Waals surface area (Å²) in [5, 5.41) is 1.36. The summed E-state index contributed by atoms with van der Waals surface area (Å²) in [7, 11) is -4.53. The zero-order valence-electron chi connectivity index (χ0n) is 21.9. The molecular weight excluding hydrogens is 604 g/mol. The molecule has 1 aliphatic heterocycles. The Kier molecular flexibility index (Phi) is 8.47. The maximum absolute atomic E-state index is 15.9. The quantitative estimate of drug-likeness (QED) is 0.349. The molecule has 1 unspecified atom stereocenters. The van der Waals surface area contributed by atoms with Gasteiger partial charge in [-0.1, -0.05) is 40.2 Å². The van der Waals surface area contributed by atoms with Gasteiger partial charge in [0.2, 0.25) is 15.9 Å². The van der Waals surface area contributed by atoms with E-state index in [1.165, 1.54) is 41.3 Å². The number of piperidine rings is 1.